The highest BCUT2D eigenvalue weighted by atomic mass is 16.3. The van der Waals surface area contributed by atoms with Gasteiger partial charge in [-0.25, -0.2) is 4.99 Å². The zero-order valence-corrected chi connectivity index (χ0v) is 23.8. The predicted octanol–water partition coefficient (Wildman–Crippen LogP) is 9.50. The molecule has 0 spiro atoms. The second kappa shape index (κ2) is 10.7. The van der Waals surface area contributed by atoms with Crippen molar-refractivity contribution in [3.8, 4) is 11.1 Å². The number of nitrogens with two attached hydrogens (primary N) is 1. The third kappa shape index (κ3) is 4.61. The number of rotatable bonds is 5. The molecule has 2 aromatic heterocycles. The molecule has 2 heterocycles. The number of nitrogens with zero attached hydrogens (tertiary/aromatic N) is 2. The lowest BCUT2D eigenvalue weighted by Gasteiger charge is -2.07. The average Bonchev–Trinajstić information content (AvgIpc) is 3.65. The molecular formula is C39H27N3O2. The summed E-state index contributed by atoms with van der Waals surface area (Å²) in [7, 11) is 0. The van der Waals surface area contributed by atoms with Gasteiger partial charge in [0.1, 0.15) is 28.2 Å². The molecule has 0 amide bonds. The average molecular weight is 570 g/mol. The third-order valence-corrected chi connectivity index (χ3v) is 8.02. The second-order valence-corrected chi connectivity index (χ2v) is 10.8. The van der Waals surface area contributed by atoms with Crippen molar-refractivity contribution < 1.29 is 8.83 Å². The molecule has 8 rings (SSSR count). The van der Waals surface area contributed by atoms with Gasteiger partial charge in [0.15, 0.2) is 5.84 Å². The van der Waals surface area contributed by atoms with Crippen LogP contribution in [0.4, 0.5) is 0 Å². The number of amidine groups is 2. The molecule has 0 radical (unpaired) electrons. The van der Waals surface area contributed by atoms with Crippen LogP contribution >= 0.6 is 0 Å². The highest BCUT2D eigenvalue weighted by Crippen LogP contribution is 2.35. The lowest BCUT2D eigenvalue weighted by molar-refractivity contribution is 0.668. The SMILES string of the molecule is N/C(=N\C(=N/Cc1cccc2oc3ccc(-c4ccccc4)cc3c12)c1ccccc1)c1ccc2oc3ccccc3c2c1. The number of para-hydroxylation sites is 1. The number of aliphatic imine (C=N–C) groups is 2. The Hall–Kier alpha value is -5.94. The van der Waals surface area contributed by atoms with Gasteiger partial charge in [0, 0.05) is 32.7 Å². The standard InChI is InChI=1S/C39H27N3O2/c40-38(28-19-21-34-31(23-28)30-15-7-8-16-33(30)43-34)42-39(26-12-5-2-6-13-26)41-24-29-14-9-17-36-37(29)32-22-27(18-20-35(32)44-36)25-10-3-1-4-11-25/h1-23H,24H2,(H2,40,41,42). The van der Waals surface area contributed by atoms with E-state index >= 15 is 0 Å². The summed E-state index contributed by atoms with van der Waals surface area (Å²) in [5, 5.41) is 4.18. The molecule has 210 valence electrons. The molecule has 2 N–H and O–H groups in total. The molecule has 8 aromatic rings. The lowest BCUT2D eigenvalue weighted by atomic mass is 10.0. The van der Waals surface area contributed by atoms with Crippen LogP contribution in [0.3, 0.4) is 0 Å². The van der Waals surface area contributed by atoms with Gasteiger partial charge in [0.05, 0.1) is 6.54 Å². The first-order valence-electron chi connectivity index (χ1n) is 14.6. The number of furan rings is 2. The summed E-state index contributed by atoms with van der Waals surface area (Å²) in [5.41, 5.74) is 15.1. The van der Waals surface area contributed by atoms with Gasteiger partial charge < -0.3 is 14.6 Å². The van der Waals surface area contributed by atoms with Crippen LogP contribution in [0.2, 0.25) is 0 Å². The van der Waals surface area contributed by atoms with Crippen LogP contribution < -0.4 is 5.73 Å². The Labute approximate surface area is 253 Å². The van der Waals surface area contributed by atoms with Gasteiger partial charge in [-0.05, 0) is 59.2 Å². The zero-order valence-electron chi connectivity index (χ0n) is 23.8. The molecule has 0 aliphatic carbocycles. The van der Waals surface area contributed by atoms with Crippen LogP contribution in [0.15, 0.2) is 158 Å². The fourth-order valence-corrected chi connectivity index (χ4v) is 5.84. The quantitative estimate of drug-likeness (QED) is 0.166. The lowest BCUT2D eigenvalue weighted by Crippen LogP contribution is -2.16. The summed E-state index contributed by atoms with van der Waals surface area (Å²) in [4.78, 5) is 9.92. The van der Waals surface area contributed by atoms with Gasteiger partial charge in [-0.3, -0.25) is 4.99 Å². The summed E-state index contributed by atoms with van der Waals surface area (Å²) in [6.45, 7) is 0.411. The smallest absolute Gasteiger partial charge is 0.157 e. The van der Waals surface area contributed by atoms with Gasteiger partial charge in [0.25, 0.3) is 0 Å². The van der Waals surface area contributed by atoms with Crippen LogP contribution in [0, 0.1) is 0 Å². The van der Waals surface area contributed by atoms with Gasteiger partial charge in [0.2, 0.25) is 0 Å². The molecule has 0 atom stereocenters. The Balaban J connectivity index is 1.21. The largest absolute Gasteiger partial charge is 0.456 e. The maximum absolute atomic E-state index is 6.65. The molecule has 44 heavy (non-hydrogen) atoms. The third-order valence-electron chi connectivity index (χ3n) is 8.02. The fourth-order valence-electron chi connectivity index (χ4n) is 5.84. The normalized spacial score (nSPS) is 12.5. The highest BCUT2D eigenvalue weighted by Gasteiger charge is 2.14. The van der Waals surface area contributed by atoms with Crippen molar-refractivity contribution in [1.29, 1.82) is 0 Å². The Morgan fingerprint density at radius 2 is 1.20 bits per heavy atom. The zero-order chi connectivity index (χ0) is 29.5. The Kier molecular flexibility index (Phi) is 6.27. The van der Waals surface area contributed by atoms with Crippen molar-refractivity contribution in [2.75, 3.05) is 0 Å². The minimum Gasteiger partial charge on any atom is -0.456 e. The van der Waals surface area contributed by atoms with Crippen molar-refractivity contribution in [1.82, 2.24) is 0 Å². The Morgan fingerprint density at radius 3 is 2.07 bits per heavy atom. The predicted molar refractivity (Wildman–Crippen MR) is 180 cm³/mol. The molecule has 0 unspecified atom stereocenters. The van der Waals surface area contributed by atoms with Crippen molar-refractivity contribution in [3.63, 3.8) is 0 Å². The summed E-state index contributed by atoms with van der Waals surface area (Å²) in [6.07, 6.45) is 0. The van der Waals surface area contributed by atoms with Crippen molar-refractivity contribution in [2.24, 2.45) is 15.7 Å². The molecule has 0 saturated carbocycles. The van der Waals surface area contributed by atoms with Crippen LogP contribution in [0.1, 0.15) is 16.7 Å². The monoisotopic (exact) mass is 569 g/mol. The summed E-state index contributed by atoms with van der Waals surface area (Å²) >= 11 is 0. The number of hydrogen-bond donors (Lipinski definition) is 1. The first-order valence-corrected chi connectivity index (χ1v) is 14.6. The Morgan fingerprint density at radius 1 is 0.523 bits per heavy atom. The van der Waals surface area contributed by atoms with E-state index in [2.05, 4.69) is 48.5 Å². The number of benzene rings is 6. The van der Waals surface area contributed by atoms with Gasteiger partial charge in [-0.15, -0.1) is 0 Å². The second-order valence-electron chi connectivity index (χ2n) is 10.8. The topological polar surface area (TPSA) is 77.0 Å². The molecule has 5 heteroatoms. The van der Waals surface area contributed by atoms with E-state index in [1.54, 1.807) is 0 Å². The van der Waals surface area contributed by atoms with E-state index in [-0.39, 0.29) is 0 Å². The van der Waals surface area contributed by atoms with Crippen molar-refractivity contribution >= 4 is 55.5 Å². The maximum atomic E-state index is 6.65. The number of hydrogen-bond acceptors (Lipinski definition) is 3. The summed E-state index contributed by atoms with van der Waals surface area (Å²) in [5.74, 6) is 0.953. The van der Waals surface area contributed by atoms with Crippen LogP contribution in [0.5, 0.6) is 0 Å². The molecule has 6 aromatic carbocycles. The van der Waals surface area contributed by atoms with E-state index in [1.165, 1.54) is 0 Å². The fraction of sp³-hybridized carbons (Fsp3) is 0.0256. The van der Waals surface area contributed by atoms with E-state index < -0.39 is 0 Å². The molecule has 0 saturated heterocycles. The Bertz CT molecular complexity index is 2360. The molecular weight excluding hydrogens is 542 g/mol. The molecule has 0 fully saturated rings. The first kappa shape index (κ1) is 25.7. The molecule has 0 aliphatic heterocycles. The van der Waals surface area contributed by atoms with Crippen molar-refractivity contribution in [3.05, 3.63) is 156 Å². The van der Waals surface area contributed by atoms with Gasteiger partial charge in [-0.2, -0.15) is 0 Å². The van der Waals surface area contributed by atoms with Crippen LogP contribution in [-0.2, 0) is 6.54 Å². The molecule has 0 aliphatic rings. The van der Waals surface area contributed by atoms with E-state index in [0.29, 0.717) is 18.2 Å². The van der Waals surface area contributed by atoms with E-state index in [1.807, 2.05) is 91.0 Å². The van der Waals surface area contributed by atoms with Crippen molar-refractivity contribution in [2.45, 2.75) is 6.54 Å². The van der Waals surface area contributed by atoms with E-state index in [0.717, 1.165) is 71.7 Å². The summed E-state index contributed by atoms with van der Waals surface area (Å²) < 4.78 is 12.3. The first-order chi connectivity index (χ1) is 21.7. The molecule has 0 bridgehead atoms. The minimum atomic E-state index is 0.388. The minimum absolute atomic E-state index is 0.388. The van der Waals surface area contributed by atoms with Gasteiger partial charge >= 0.3 is 0 Å². The van der Waals surface area contributed by atoms with Gasteiger partial charge in [-0.1, -0.05) is 97.1 Å². The number of fused-ring (bicyclic) bond motifs is 6. The van der Waals surface area contributed by atoms with E-state index in [4.69, 9.17) is 24.6 Å². The summed E-state index contributed by atoms with van der Waals surface area (Å²) in [6, 6.07) is 46.7. The van der Waals surface area contributed by atoms with Crippen LogP contribution in [0.25, 0.3) is 55.0 Å². The maximum Gasteiger partial charge on any atom is 0.157 e. The van der Waals surface area contributed by atoms with Crippen LogP contribution in [-0.4, -0.2) is 11.7 Å². The van der Waals surface area contributed by atoms with E-state index in [9.17, 15) is 0 Å². The highest BCUT2D eigenvalue weighted by molar-refractivity contribution is 6.14. The molecule has 5 nitrogen and oxygen atoms in total.